The van der Waals surface area contributed by atoms with Crippen molar-refractivity contribution in [3.8, 4) is 0 Å². The van der Waals surface area contributed by atoms with Gasteiger partial charge in [-0.2, -0.15) is 0 Å². The summed E-state index contributed by atoms with van der Waals surface area (Å²) in [6.45, 7) is 3.72. The summed E-state index contributed by atoms with van der Waals surface area (Å²) in [6, 6.07) is 1.26. The Morgan fingerprint density at radius 1 is 1.53 bits per heavy atom. The van der Waals surface area contributed by atoms with Crippen LogP contribution >= 0.6 is 34.5 Å². The summed E-state index contributed by atoms with van der Waals surface area (Å²) in [5.41, 5.74) is 0. The Morgan fingerprint density at radius 3 is 2.79 bits per heavy atom. The van der Waals surface area contributed by atoms with Crippen molar-refractivity contribution in [3.05, 3.63) is 14.7 Å². The van der Waals surface area contributed by atoms with Crippen LogP contribution in [0.1, 0.15) is 19.8 Å². The molecule has 0 saturated carbocycles. The molecule has 0 amide bonds. The second-order valence-electron chi connectivity index (χ2n) is 4.70. The normalized spacial score (nSPS) is 22.4. The molecule has 0 radical (unpaired) electrons. The third kappa shape index (κ3) is 3.83. The zero-order chi connectivity index (χ0) is 14.0. The second-order valence-corrected chi connectivity index (χ2v) is 8.67. The highest BCUT2D eigenvalue weighted by Gasteiger charge is 2.27. The van der Waals surface area contributed by atoms with Gasteiger partial charge in [-0.1, -0.05) is 23.2 Å². The van der Waals surface area contributed by atoms with Gasteiger partial charge in [0.05, 0.1) is 4.34 Å². The predicted octanol–water partition coefficient (Wildman–Crippen LogP) is 2.72. The third-order valence-corrected chi connectivity index (χ3v) is 6.61. The van der Waals surface area contributed by atoms with Crippen LogP contribution in [0.3, 0.4) is 0 Å². The highest BCUT2D eigenvalue weighted by molar-refractivity contribution is 7.89. The molecule has 2 rings (SSSR count). The maximum atomic E-state index is 12.3. The van der Waals surface area contributed by atoms with Crippen LogP contribution in [0.25, 0.3) is 0 Å². The molecule has 1 aliphatic rings. The first-order valence-electron chi connectivity index (χ1n) is 6.08. The minimum Gasteiger partial charge on any atom is -0.316 e. The number of nitrogens with one attached hydrogen (secondary N) is 2. The van der Waals surface area contributed by atoms with Gasteiger partial charge in [0, 0.05) is 6.04 Å². The van der Waals surface area contributed by atoms with Crippen molar-refractivity contribution in [2.75, 3.05) is 13.1 Å². The monoisotopic (exact) mass is 342 g/mol. The van der Waals surface area contributed by atoms with Gasteiger partial charge in [0.15, 0.2) is 0 Å². The fourth-order valence-corrected chi connectivity index (χ4v) is 5.68. The van der Waals surface area contributed by atoms with Crippen LogP contribution in [-0.4, -0.2) is 27.5 Å². The van der Waals surface area contributed by atoms with Gasteiger partial charge in [-0.3, -0.25) is 0 Å². The molecular formula is C11H16Cl2N2O2S2. The summed E-state index contributed by atoms with van der Waals surface area (Å²) in [7, 11) is -3.60. The van der Waals surface area contributed by atoms with Crippen molar-refractivity contribution in [2.24, 2.45) is 5.92 Å². The average molecular weight is 343 g/mol. The van der Waals surface area contributed by atoms with Gasteiger partial charge in [-0.15, -0.1) is 11.3 Å². The van der Waals surface area contributed by atoms with Gasteiger partial charge in [0.25, 0.3) is 0 Å². The zero-order valence-electron chi connectivity index (χ0n) is 10.4. The third-order valence-electron chi connectivity index (χ3n) is 3.30. The number of piperidine rings is 1. The van der Waals surface area contributed by atoms with Gasteiger partial charge in [0.1, 0.15) is 9.23 Å². The Kier molecular flexibility index (Phi) is 5.14. The molecule has 1 aromatic heterocycles. The molecule has 1 fully saturated rings. The predicted molar refractivity (Wildman–Crippen MR) is 79.7 cm³/mol. The van der Waals surface area contributed by atoms with E-state index in [0.717, 1.165) is 37.3 Å². The van der Waals surface area contributed by atoms with Gasteiger partial charge >= 0.3 is 0 Å². The van der Waals surface area contributed by atoms with Crippen LogP contribution in [0.4, 0.5) is 0 Å². The summed E-state index contributed by atoms with van der Waals surface area (Å²) >= 11 is 12.7. The molecule has 2 atom stereocenters. The molecular weight excluding hydrogens is 327 g/mol. The van der Waals surface area contributed by atoms with Gasteiger partial charge in [-0.25, -0.2) is 13.1 Å². The van der Waals surface area contributed by atoms with Crippen LogP contribution in [0.2, 0.25) is 8.67 Å². The van der Waals surface area contributed by atoms with Crippen LogP contribution in [-0.2, 0) is 10.0 Å². The highest BCUT2D eigenvalue weighted by Crippen LogP contribution is 2.34. The fourth-order valence-electron chi connectivity index (χ4n) is 2.22. The summed E-state index contributed by atoms with van der Waals surface area (Å²) in [4.78, 5) is 0.0692. The van der Waals surface area contributed by atoms with E-state index in [1.54, 1.807) is 0 Å². The van der Waals surface area contributed by atoms with E-state index in [0.29, 0.717) is 10.3 Å². The second kappa shape index (κ2) is 6.28. The standard InChI is InChI=1S/C11H16Cl2N2O2S2/c1-7(8-3-2-4-14-6-8)15-19(16,17)9-5-10(12)18-11(9)13/h5,7-8,14-15H,2-4,6H2,1H3. The Labute approximate surface area is 127 Å². The van der Waals surface area contributed by atoms with Gasteiger partial charge in [-0.05, 0) is 44.8 Å². The lowest BCUT2D eigenvalue weighted by atomic mass is 9.94. The van der Waals surface area contributed by atoms with Gasteiger partial charge in [0.2, 0.25) is 10.0 Å². The average Bonchev–Trinajstić information content (AvgIpc) is 2.70. The van der Waals surface area contributed by atoms with Crippen molar-refractivity contribution in [3.63, 3.8) is 0 Å². The zero-order valence-corrected chi connectivity index (χ0v) is 13.6. The molecule has 0 aliphatic carbocycles. The molecule has 2 N–H and O–H groups in total. The van der Waals surface area contributed by atoms with E-state index < -0.39 is 10.0 Å². The molecule has 2 heterocycles. The van der Waals surface area contributed by atoms with Crippen molar-refractivity contribution < 1.29 is 8.42 Å². The molecule has 1 aliphatic heterocycles. The van der Waals surface area contributed by atoms with E-state index in [1.807, 2.05) is 6.92 Å². The number of hydrogen-bond donors (Lipinski definition) is 2. The minimum atomic E-state index is -3.60. The molecule has 108 valence electrons. The van der Waals surface area contributed by atoms with E-state index in [4.69, 9.17) is 23.2 Å². The molecule has 0 spiro atoms. The smallest absolute Gasteiger partial charge is 0.243 e. The van der Waals surface area contributed by atoms with Crippen LogP contribution in [0.15, 0.2) is 11.0 Å². The van der Waals surface area contributed by atoms with Gasteiger partial charge < -0.3 is 5.32 Å². The maximum absolute atomic E-state index is 12.3. The fraction of sp³-hybridized carbons (Fsp3) is 0.636. The molecule has 4 nitrogen and oxygen atoms in total. The largest absolute Gasteiger partial charge is 0.316 e. The molecule has 8 heteroatoms. The molecule has 0 bridgehead atoms. The first kappa shape index (κ1) is 15.5. The summed E-state index contributed by atoms with van der Waals surface area (Å²) in [5, 5.41) is 3.28. The Morgan fingerprint density at radius 2 is 2.26 bits per heavy atom. The van der Waals surface area contributed by atoms with Crippen molar-refractivity contribution in [1.29, 1.82) is 0 Å². The summed E-state index contributed by atoms with van der Waals surface area (Å²) in [5.74, 6) is 0.302. The number of halogens is 2. The number of rotatable bonds is 4. The molecule has 1 aromatic rings. The van der Waals surface area contributed by atoms with Crippen LogP contribution < -0.4 is 10.0 Å². The molecule has 1 saturated heterocycles. The summed E-state index contributed by atoms with van der Waals surface area (Å²) in [6.07, 6.45) is 2.09. The quantitative estimate of drug-likeness (QED) is 0.884. The molecule has 19 heavy (non-hydrogen) atoms. The van der Waals surface area contributed by atoms with Crippen LogP contribution in [0, 0.1) is 5.92 Å². The SMILES string of the molecule is CC(NS(=O)(=O)c1cc(Cl)sc1Cl)C1CCCNC1. The first-order valence-corrected chi connectivity index (χ1v) is 9.13. The van der Waals surface area contributed by atoms with E-state index in [-0.39, 0.29) is 15.3 Å². The summed E-state index contributed by atoms with van der Waals surface area (Å²) < 4.78 is 27.8. The van der Waals surface area contributed by atoms with E-state index in [1.165, 1.54) is 6.07 Å². The highest BCUT2D eigenvalue weighted by atomic mass is 35.5. The van der Waals surface area contributed by atoms with Crippen molar-refractivity contribution in [1.82, 2.24) is 10.0 Å². The van der Waals surface area contributed by atoms with Crippen molar-refractivity contribution >= 4 is 44.6 Å². The van der Waals surface area contributed by atoms with E-state index >= 15 is 0 Å². The van der Waals surface area contributed by atoms with Crippen LogP contribution in [0.5, 0.6) is 0 Å². The topological polar surface area (TPSA) is 58.2 Å². The number of sulfonamides is 1. The Bertz CT molecular complexity index is 539. The van der Waals surface area contributed by atoms with E-state index in [9.17, 15) is 8.42 Å². The Balaban J connectivity index is 2.10. The lowest BCUT2D eigenvalue weighted by molar-refractivity contribution is 0.320. The molecule has 0 aromatic carbocycles. The minimum absolute atomic E-state index is 0.0692. The lowest BCUT2D eigenvalue weighted by Gasteiger charge is -2.28. The maximum Gasteiger partial charge on any atom is 0.243 e. The molecule has 2 unspecified atom stereocenters. The van der Waals surface area contributed by atoms with E-state index in [2.05, 4.69) is 10.0 Å². The lowest BCUT2D eigenvalue weighted by Crippen LogP contribution is -2.44. The number of hydrogen-bond acceptors (Lipinski definition) is 4. The number of thiophene rings is 1. The first-order chi connectivity index (χ1) is 8.90. The Hall–Kier alpha value is 0.150. The van der Waals surface area contributed by atoms with Crippen molar-refractivity contribution in [2.45, 2.75) is 30.7 Å².